The number of benzene rings is 1. The summed E-state index contributed by atoms with van der Waals surface area (Å²) < 4.78 is 41.2. The third kappa shape index (κ3) is 5.31. The number of rotatable bonds is 5. The molecule has 4 nitrogen and oxygen atoms in total. The quantitative estimate of drug-likeness (QED) is 0.785. The highest BCUT2D eigenvalue weighted by atomic mass is 32.2. The Bertz CT molecular complexity index is 763. The number of ether oxygens (including phenoxy) is 1. The standard InChI is InChI=1S/C17H15F3N2O2S2/c18-17(19,20)10-24-14-5-4-12(9-21-14)15(23)22-13-3-1-2-11(8-13)16-25-6-7-26-16/h1-5,8-9,16H,6-7,10H2,(H,22,23). The van der Waals surface area contributed by atoms with Crippen LogP contribution < -0.4 is 10.1 Å². The summed E-state index contributed by atoms with van der Waals surface area (Å²) in [6.45, 7) is -1.42. The van der Waals surface area contributed by atoms with Gasteiger partial charge in [-0.05, 0) is 23.8 Å². The maximum Gasteiger partial charge on any atom is 0.422 e. The van der Waals surface area contributed by atoms with Gasteiger partial charge in [-0.1, -0.05) is 12.1 Å². The first kappa shape index (κ1) is 18.9. The summed E-state index contributed by atoms with van der Waals surface area (Å²) in [6.07, 6.45) is -3.24. The lowest BCUT2D eigenvalue weighted by Gasteiger charge is -2.11. The smallest absolute Gasteiger partial charge is 0.422 e. The maximum absolute atomic E-state index is 12.3. The second-order valence-electron chi connectivity index (χ2n) is 5.44. The van der Waals surface area contributed by atoms with Crippen molar-refractivity contribution in [1.82, 2.24) is 4.98 Å². The van der Waals surface area contributed by atoms with Crippen LogP contribution in [0.2, 0.25) is 0 Å². The molecule has 2 aromatic rings. The van der Waals surface area contributed by atoms with Crippen LogP contribution in [0.15, 0.2) is 42.6 Å². The van der Waals surface area contributed by atoms with Crippen molar-refractivity contribution in [3.8, 4) is 5.88 Å². The lowest BCUT2D eigenvalue weighted by Crippen LogP contribution is -2.19. The van der Waals surface area contributed by atoms with Crippen molar-refractivity contribution in [1.29, 1.82) is 0 Å². The Morgan fingerprint density at radius 1 is 1.23 bits per heavy atom. The molecule has 1 N–H and O–H groups in total. The van der Waals surface area contributed by atoms with Crippen molar-refractivity contribution >= 4 is 35.1 Å². The summed E-state index contributed by atoms with van der Waals surface area (Å²) in [4.78, 5) is 16.0. The third-order valence-corrected chi connectivity index (χ3v) is 6.53. The number of hydrogen-bond acceptors (Lipinski definition) is 5. The van der Waals surface area contributed by atoms with Gasteiger partial charge in [0, 0.05) is 29.5 Å². The van der Waals surface area contributed by atoms with Crippen molar-refractivity contribution in [3.63, 3.8) is 0 Å². The summed E-state index contributed by atoms with van der Waals surface area (Å²) in [7, 11) is 0. The van der Waals surface area contributed by atoms with Gasteiger partial charge in [0.25, 0.3) is 5.91 Å². The van der Waals surface area contributed by atoms with Gasteiger partial charge in [-0.15, -0.1) is 23.5 Å². The number of anilines is 1. The van der Waals surface area contributed by atoms with Gasteiger partial charge < -0.3 is 10.1 Å². The minimum absolute atomic E-state index is 0.184. The van der Waals surface area contributed by atoms with Gasteiger partial charge in [0.15, 0.2) is 6.61 Å². The minimum Gasteiger partial charge on any atom is -0.468 e. The Labute approximate surface area is 156 Å². The van der Waals surface area contributed by atoms with E-state index < -0.39 is 12.8 Å². The largest absolute Gasteiger partial charge is 0.468 e. The average Bonchev–Trinajstić information content (AvgIpc) is 3.15. The first-order chi connectivity index (χ1) is 12.4. The summed E-state index contributed by atoms with van der Waals surface area (Å²) in [5.41, 5.74) is 2.04. The minimum atomic E-state index is -4.43. The van der Waals surface area contributed by atoms with Crippen molar-refractivity contribution < 1.29 is 22.7 Å². The molecule has 3 rings (SSSR count). The normalized spacial score (nSPS) is 15.0. The topological polar surface area (TPSA) is 51.2 Å². The van der Waals surface area contributed by atoms with Gasteiger partial charge in [-0.25, -0.2) is 4.98 Å². The number of halogens is 3. The molecule has 1 saturated heterocycles. The van der Waals surface area contributed by atoms with Crippen LogP contribution >= 0.6 is 23.5 Å². The van der Waals surface area contributed by atoms with E-state index in [0.29, 0.717) is 10.3 Å². The summed E-state index contributed by atoms with van der Waals surface area (Å²) in [5, 5.41) is 2.78. The highest BCUT2D eigenvalue weighted by molar-refractivity contribution is 8.19. The van der Waals surface area contributed by atoms with E-state index in [1.165, 1.54) is 18.3 Å². The first-order valence-electron chi connectivity index (χ1n) is 7.71. The molecule has 26 heavy (non-hydrogen) atoms. The fourth-order valence-electron chi connectivity index (χ4n) is 2.27. The molecule has 0 atom stereocenters. The van der Waals surface area contributed by atoms with Crippen molar-refractivity contribution in [2.45, 2.75) is 10.8 Å². The Hall–Kier alpha value is -1.87. The number of pyridine rings is 1. The second-order valence-corrected chi connectivity index (χ2v) is 8.17. The van der Waals surface area contributed by atoms with Crippen LogP contribution in [0.25, 0.3) is 0 Å². The molecule has 1 aliphatic heterocycles. The monoisotopic (exact) mass is 400 g/mol. The predicted octanol–water partition coefficient (Wildman–Crippen LogP) is 4.75. The third-order valence-electron chi connectivity index (χ3n) is 3.42. The van der Waals surface area contributed by atoms with Crippen LogP contribution in [-0.4, -0.2) is 35.2 Å². The van der Waals surface area contributed by atoms with E-state index in [4.69, 9.17) is 0 Å². The molecule has 0 saturated carbocycles. The van der Waals surface area contributed by atoms with Gasteiger partial charge in [0.05, 0.1) is 10.1 Å². The number of nitrogens with zero attached hydrogens (tertiary/aromatic N) is 1. The average molecular weight is 400 g/mol. The molecule has 138 valence electrons. The molecule has 1 aromatic heterocycles. The van der Waals surface area contributed by atoms with Crippen LogP contribution in [0.5, 0.6) is 5.88 Å². The number of carbonyl (C=O) groups is 1. The molecule has 9 heteroatoms. The highest BCUT2D eigenvalue weighted by Gasteiger charge is 2.28. The SMILES string of the molecule is O=C(Nc1cccc(C2SCCS2)c1)c1ccc(OCC(F)(F)F)nc1. The van der Waals surface area contributed by atoms with Gasteiger partial charge in [-0.3, -0.25) is 4.79 Å². The Kier molecular flexibility index (Phi) is 5.98. The molecule has 0 spiro atoms. The van der Waals surface area contributed by atoms with E-state index in [1.54, 1.807) is 6.07 Å². The van der Waals surface area contributed by atoms with Crippen molar-refractivity contribution in [2.24, 2.45) is 0 Å². The zero-order valence-corrected chi connectivity index (χ0v) is 15.1. The highest BCUT2D eigenvalue weighted by Crippen LogP contribution is 2.45. The number of aromatic nitrogens is 1. The van der Waals surface area contributed by atoms with E-state index in [-0.39, 0.29) is 17.4 Å². The number of alkyl halides is 3. The lowest BCUT2D eigenvalue weighted by molar-refractivity contribution is -0.154. The number of carbonyl (C=O) groups excluding carboxylic acids is 1. The molecule has 0 bridgehead atoms. The number of amides is 1. The Morgan fingerprint density at radius 2 is 2.00 bits per heavy atom. The van der Waals surface area contributed by atoms with Gasteiger partial charge >= 0.3 is 6.18 Å². The van der Waals surface area contributed by atoms with Gasteiger partial charge in [0.2, 0.25) is 5.88 Å². The van der Waals surface area contributed by atoms with Crippen LogP contribution in [-0.2, 0) is 0 Å². The molecule has 1 aromatic carbocycles. The van der Waals surface area contributed by atoms with E-state index in [1.807, 2.05) is 41.7 Å². The summed E-state index contributed by atoms with van der Waals surface area (Å²) >= 11 is 3.75. The number of nitrogens with one attached hydrogen (secondary N) is 1. The molecule has 1 amide bonds. The van der Waals surface area contributed by atoms with Crippen LogP contribution in [0.1, 0.15) is 20.5 Å². The van der Waals surface area contributed by atoms with Crippen molar-refractivity contribution in [3.05, 3.63) is 53.7 Å². The van der Waals surface area contributed by atoms with E-state index in [0.717, 1.165) is 17.1 Å². The fourth-order valence-corrected chi connectivity index (χ4v) is 5.11. The molecule has 0 radical (unpaired) electrons. The summed E-state index contributed by atoms with van der Waals surface area (Å²) in [6, 6.07) is 10.3. The molecular formula is C17H15F3N2O2S2. The zero-order valence-electron chi connectivity index (χ0n) is 13.5. The molecule has 2 heterocycles. The molecule has 0 unspecified atom stereocenters. The fraction of sp³-hybridized carbons (Fsp3) is 0.294. The van der Waals surface area contributed by atoms with Crippen LogP contribution in [0, 0.1) is 0 Å². The summed E-state index contributed by atoms with van der Waals surface area (Å²) in [5.74, 6) is 1.65. The lowest BCUT2D eigenvalue weighted by atomic mass is 10.2. The maximum atomic E-state index is 12.3. The Balaban J connectivity index is 1.62. The number of thioether (sulfide) groups is 2. The molecular weight excluding hydrogens is 385 g/mol. The van der Waals surface area contributed by atoms with E-state index >= 15 is 0 Å². The first-order valence-corrected chi connectivity index (χ1v) is 9.80. The van der Waals surface area contributed by atoms with E-state index in [9.17, 15) is 18.0 Å². The Morgan fingerprint density at radius 3 is 2.65 bits per heavy atom. The molecule has 1 aliphatic rings. The van der Waals surface area contributed by atoms with Crippen LogP contribution in [0.3, 0.4) is 0 Å². The molecule has 1 fully saturated rings. The van der Waals surface area contributed by atoms with Gasteiger partial charge in [0.1, 0.15) is 0 Å². The molecule has 0 aliphatic carbocycles. The van der Waals surface area contributed by atoms with E-state index in [2.05, 4.69) is 15.0 Å². The predicted molar refractivity (Wildman–Crippen MR) is 97.8 cm³/mol. The second kappa shape index (κ2) is 8.22. The van der Waals surface area contributed by atoms with Gasteiger partial charge in [-0.2, -0.15) is 13.2 Å². The number of hydrogen-bond donors (Lipinski definition) is 1. The van der Waals surface area contributed by atoms with Crippen LogP contribution in [0.4, 0.5) is 18.9 Å². The van der Waals surface area contributed by atoms with Crippen molar-refractivity contribution in [2.75, 3.05) is 23.4 Å². The zero-order chi connectivity index (χ0) is 18.6.